The Hall–Kier alpha value is -1.92. The minimum Gasteiger partial charge on any atom is -0.375 e. The van der Waals surface area contributed by atoms with E-state index in [2.05, 4.69) is 21.9 Å². The lowest BCUT2D eigenvalue weighted by molar-refractivity contribution is -0.125. The minimum absolute atomic E-state index is 0.00819. The van der Waals surface area contributed by atoms with Gasteiger partial charge in [-0.3, -0.25) is 14.4 Å². The van der Waals surface area contributed by atoms with Crippen molar-refractivity contribution in [2.45, 2.75) is 6.92 Å². The average molecular weight is 285 g/mol. The summed E-state index contributed by atoms with van der Waals surface area (Å²) in [6, 6.07) is 0. The number of carbonyl (C=O) groups excluding carboxylic acids is 3. The van der Waals surface area contributed by atoms with Crippen molar-refractivity contribution in [2.24, 2.45) is 0 Å². The molecule has 0 fully saturated rings. The number of rotatable bonds is 4. The molecule has 0 aromatic rings. The number of hydrogen-bond acceptors (Lipinski definition) is 4. The summed E-state index contributed by atoms with van der Waals surface area (Å²) < 4.78 is 4.63. The first-order valence-corrected chi connectivity index (χ1v) is 5.66. The van der Waals surface area contributed by atoms with Crippen LogP contribution in [-0.2, 0) is 19.1 Å². The fourth-order valence-corrected chi connectivity index (χ4v) is 1.68. The Morgan fingerprint density at radius 3 is 2.58 bits per heavy atom. The van der Waals surface area contributed by atoms with Gasteiger partial charge < -0.3 is 15.4 Å². The van der Waals surface area contributed by atoms with Gasteiger partial charge in [-0.2, -0.15) is 0 Å². The van der Waals surface area contributed by atoms with E-state index in [0.717, 1.165) is 0 Å². The number of Topliss-reactive ketones (excluding diaryl/α,β-unsaturated/α-hetero) is 1. The Kier molecular flexibility index (Phi) is 5.02. The summed E-state index contributed by atoms with van der Waals surface area (Å²) in [7, 11) is 1.36. The Morgan fingerprint density at radius 1 is 1.42 bits per heavy atom. The quantitative estimate of drug-likeness (QED) is 0.780. The summed E-state index contributed by atoms with van der Waals surface area (Å²) in [6.07, 6.45) is 1.34. The van der Waals surface area contributed by atoms with Gasteiger partial charge in [0.15, 0.2) is 0 Å². The Balaban J connectivity index is 2.93. The third kappa shape index (κ3) is 3.77. The lowest BCUT2D eigenvalue weighted by atomic mass is 10.0. The predicted octanol–water partition coefficient (Wildman–Crippen LogP) is 0.358. The number of hydrogen-bond donors (Lipinski definition) is 2. The van der Waals surface area contributed by atoms with Crippen LogP contribution in [0.4, 0.5) is 0 Å². The van der Waals surface area contributed by atoms with Crippen molar-refractivity contribution in [1.82, 2.24) is 10.6 Å². The van der Waals surface area contributed by atoms with Gasteiger partial charge in [0.1, 0.15) is 11.6 Å². The standard InChI is InChI=1S/C12H13ClN2O4/c1-6-4-8(15-9(17)5-19-3)12(18)10(13)11(6)14-7(2)16/h4H,1,5H2,2-3H3,(H,14,16)(H,15,17). The van der Waals surface area contributed by atoms with Crippen LogP contribution in [-0.4, -0.2) is 31.3 Å². The zero-order valence-electron chi connectivity index (χ0n) is 10.5. The van der Waals surface area contributed by atoms with Gasteiger partial charge in [0.25, 0.3) is 0 Å². The predicted molar refractivity (Wildman–Crippen MR) is 68.9 cm³/mol. The number of ether oxygens (including phenoxy) is 1. The molecule has 1 rings (SSSR count). The van der Waals surface area contributed by atoms with Crippen molar-refractivity contribution in [2.75, 3.05) is 13.7 Å². The summed E-state index contributed by atoms with van der Waals surface area (Å²) in [4.78, 5) is 34.2. The van der Waals surface area contributed by atoms with Crippen molar-refractivity contribution in [3.8, 4) is 0 Å². The van der Waals surface area contributed by atoms with Gasteiger partial charge in [-0.15, -0.1) is 0 Å². The molecule has 7 heteroatoms. The van der Waals surface area contributed by atoms with Crippen LogP contribution < -0.4 is 10.6 Å². The van der Waals surface area contributed by atoms with Crippen LogP contribution in [0, 0.1) is 0 Å². The van der Waals surface area contributed by atoms with Crippen LogP contribution in [0.1, 0.15) is 6.92 Å². The average Bonchev–Trinajstić information content (AvgIpc) is 2.31. The highest BCUT2D eigenvalue weighted by Crippen LogP contribution is 2.24. The lowest BCUT2D eigenvalue weighted by Gasteiger charge is -2.18. The fourth-order valence-electron chi connectivity index (χ4n) is 1.41. The first-order valence-electron chi connectivity index (χ1n) is 5.28. The van der Waals surface area contributed by atoms with Gasteiger partial charge >= 0.3 is 0 Å². The van der Waals surface area contributed by atoms with Gasteiger partial charge in [-0.05, 0) is 11.6 Å². The zero-order valence-corrected chi connectivity index (χ0v) is 11.3. The van der Waals surface area contributed by atoms with E-state index in [-0.39, 0.29) is 28.9 Å². The second kappa shape index (κ2) is 6.31. The number of nitrogens with one attached hydrogen (secondary N) is 2. The summed E-state index contributed by atoms with van der Waals surface area (Å²) in [5.41, 5.74) is 0.461. The lowest BCUT2D eigenvalue weighted by Crippen LogP contribution is -2.34. The summed E-state index contributed by atoms with van der Waals surface area (Å²) in [5, 5.41) is 4.58. The maximum Gasteiger partial charge on any atom is 0.250 e. The van der Waals surface area contributed by atoms with Crippen LogP contribution in [0.25, 0.3) is 0 Å². The van der Waals surface area contributed by atoms with Gasteiger partial charge in [0.2, 0.25) is 17.6 Å². The Morgan fingerprint density at radius 2 is 2.05 bits per heavy atom. The fraction of sp³-hybridized carbons (Fsp3) is 0.250. The molecule has 0 unspecified atom stereocenters. The maximum atomic E-state index is 11.9. The SMILES string of the molecule is C=C1C=C(NC(=O)COC)C(=O)C(Cl)=C1NC(C)=O. The van der Waals surface area contributed by atoms with E-state index in [1.54, 1.807) is 0 Å². The van der Waals surface area contributed by atoms with Crippen LogP contribution in [0.15, 0.2) is 34.7 Å². The molecule has 0 heterocycles. The van der Waals surface area contributed by atoms with Crippen LogP contribution in [0.3, 0.4) is 0 Å². The van der Waals surface area contributed by atoms with Crippen molar-refractivity contribution in [3.05, 3.63) is 34.7 Å². The topological polar surface area (TPSA) is 84.5 Å². The normalized spacial score (nSPS) is 15.2. The van der Waals surface area contributed by atoms with E-state index in [1.165, 1.54) is 20.1 Å². The molecular weight excluding hydrogens is 272 g/mol. The maximum absolute atomic E-state index is 11.9. The molecule has 0 radical (unpaired) electrons. The monoisotopic (exact) mass is 284 g/mol. The van der Waals surface area contributed by atoms with Crippen molar-refractivity contribution >= 4 is 29.2 Å². The van der Waals surface area contributed by atoms with Crippen molar-refractivity contribution in [1.29, 1.82) is 0 Å². The highest BCUT2D eigenvalue weighted by molar-refractivity contribution is 6.46. The molecule has 1 aliphatic rings. The number of methoxy groups -OCH3 is 1. The molecule has 0 aromatic carbocycles. The molecule has 2 N–H and O–H groups in total. The summed E-state index contributed by atoms with van der Waals surface area (Å²) in [5.74, 6) is -1.45. The van der Waals surface area contributed by atoms with Crippen molar-refractivity contribution < 1.29 is 19.1 Å². The molecule has 0 spiro atoms. The molecular formula is C12H13ClN2O4. The minimum atomic E-state index is -0.595. The molecule has 0 saturated heterocycles. The molecule has 6 nitrogen and oxygen atoms in total. The molecule has 0 bridgehead atoms. The molecule has 1 aliphatic carbocycles. The largest absolute Gasteiger partial charge is 0.375 e. The highest BCUT2D eigenvalue weighted by atomic mass is 35.5. The summed E-state index contributed by atoms with van der Waals surface area (Å²) in [6.45, 7) is 4.77. The first-order chi connectivity index (χ1) is 8.86. The second-order valence-electron chi connectivity index (χ2n) is 3.76. The third-order valence-electron chi connectivity index (χ3n) is 2.15. The van der Waals surface area contributed by atoms with Crippen LogP contribution >= 0.6 is 11.6 Å². The van der Waals surface area contributed by atoms with Crippen LogP contribution in [0.5, 0.6) is 0 Å². The third-order valence-corrected chi connectivity index (χ3v) is 2.51. The molecule has 19 heavy (non-hydrogen) atoms. The Labute approximate surface area is 115 Å². The van der Waals surface area contributed by atoms with Crippen molar-refractivity contribution in [3.63, 3.8) is 0 Å². The van der Waals surface area contributed by atoms with Gasteiger partial charge in [-0.25, -0.2) is 0 Å². The van der Waals surface area contributed by atoms with E-state index < -0.39 is 11.7 Å². The second-order valence-corrected chi connectivity index (χ2v) is 4.14. The molecule has 0 aliphatic heterocycles. The number of allylic oxidation sites excluding steroid dienone is 2. The van der Waals surface area contributed by atoms with E-state index >= 15 is 0 Å². The number of carbonyl (C=O) groups is 3. The smallest absolute Gasteiger partial charge is 0.250 e. The molecule has 102 valence electrons. The van der Waals surface area contributed by atoms with E-state index in [1.807, 2.05) is 0 Å². The van der Waals surface area contributed by atoms with Gasteiger partial charge in [0, 0.05) is 14.0 Å². The number of amides is 2. The van der Waals surface area contributed by atoms with E-state index in [4.69, 9.17) is 11.6 Å². The van der Waals surface area contributed by atoms with E-state index in [0.29, 0.717) is 5.57 Å². The molecule has 0 atom stereocenters. The first kappa shape index (κ1) is 15.1. The Bertz CT molecular complexity index is 520. The zero-order chi connectivity index (χ0) is 14.6. The molecule has 0 saturated carbocycles. The van der Waals surface area contributed by atoms with Gasteiger partial charge in [-0.1, -0.05) is 18.2 Å². The highest BCUT2D eigenvalue weighted by Gasteiger charge is 2.26. The molecule has 0 aromatic heterocycles. The summed E-state index contributed by atoms with van der Waals surface area (Å²) >= 11 is 5.86. The van der Waals surface area contributed by atoms with E-state index in [9.17, 15) is 14.4 Å². The molecule has 2 amide bonds. The van der Waals surface area contributed by atoms with Crippen LogP contribution in [0.2, 0.25) is 0 Å². The number of ketones is 1. The number of halogens is 1. The van der Waals surface area contributed by atoms with Gasteiger partial charge in [0.05, 0.1) is 11.4 Å².